The fourth-order valence-corrected chi connectivity index (χ4v) is 3.02. The van der Waals surface area contributed by atoms with Crippen LogP contribution in [0.3, 0.4) is 0 Å². The quantitative estimate of drug-likeness (QED) is 0.591. The topological polar surface area (TPSA) is 0 Å². The van der Waals surface area contributed by atoms with Crippen molar-refractivity contribution in [1.29, 1.82) is 0 Å². The number of rotatable bonds is 5. The molecule has 1 aliphatic carbocycles. The van der Waals surface area contributed by atoms with E-state index >= 15 is 0 Å². The monoisotopic (exact) mass is 254 g/mol. The second kappa shape index (κ2) is 7.33. The predicted molar refractivity (Wildman–Crippen MR) is 84.2 cm³/mol. The van der Waals surface area contributed by atoms with E-state index in [4.69, 9.17) is 0 Å². The molecule has 1 fully saturated rings. The van der Waals surface area contributed by atoms with Crippen LogP contribution >= 0.6 is 0 Å². The van der Waals surface area contributed by atoms with Crippen LogP contribution in [0.15, 0.2) is 54.1 Å². The Morgan fingerprint density at radius 1 is 1.16 bits per heavy atom. The Hall–Kier alpha value is -1.30. The van der Waals surface area contributed by atoms with Gasteiger partial charge in [-0.05, 0) is 44.1 Å². The molecule has 0 aliphatic heterocycles. The van der Waals surface area contributed by atoms with Gasteiger partial charge < -0.3 is 0 Å². The van der Waals surface area contributed by atoms with Gasteiger partial charge in [-0.3, -0.25) is 0 Å². The van der Waals surface area contributed by atoms with Gasteiger partial charge in [-0.2, -0.15) is 0 Å². The van der Waals surface area contributed by atoms with Crippen molar-refractivity contribution >= 4 is 0 Å². The van der Waals surface area contributed by atoms with E-state index in [1.165, 1.54) is 43.2 Å². The lowest BCUT2D eigenvalue weighted by Gasteiger charge is -2.22. The highest BCUT2D eigenvalue weighted by Crippen LogP contribution is 2.30. The average molecular weight is 254 g/mol. The van der Waals surface area contributed by atoms with Gasteiger partial charge in [0.1, 0.15) is 0 Å². The second-order valence-corrected chi connectivity index (χ2v) is 5.87. The average Bonchev–Trinajstić information content (AvgIpc) is 2.47. The number of benzene rings is 1. The third-order valence-electron chi connectivity index (χ3n) is 4.26. The smallest absolute Gasteiger partial charge is 0.0203 e. The third-order valence-corrected chi connectivity index (χ3v) is 4.26. The maximum absolute atomic E-state index is 4.23. The molecular formula is C19H26. The summed E-state index contributed by atoms with van der Waals surface area (Å²) in [4.78, 5) is 0. The first kappa shape index (κ1) is 14.1. The molecule has 1 saturated carbocycles. The van der Waals surface area contributed by atoms with Crippen LogP contribution in [0, 0.1) is 5.92 Å². The number of hydrogen-bond donors (Lipinski definition) is 0. The van der Waals surface area contributed by atoms with E-state index in [1.807, 2.05) is 0 Å². The van der Waals surface area contributed by atoms with Crippen molar-refractivity contribution in [2.24, 2.45) is 5.92 Å². The summed E-state index contributed by atoms with van der Waals surface area (Å²) < 4.78 is 0. The zero-order valence-electron chi connectivity index (χ0n) is 12.2. The summed E-state index contributed by atoms with van der Waals surface area (Å²) in [5.41, 5.74) is 4.25. The molecule has 2 rings (SSSR count). The highest BCUT2D eigenvalue weighted by molar-refractivity contribution is 5.24. The first-order chi connectivity index (χ1) is 9.25. The summed E-state index contributed by atoms with van der Waals surface area (Å²) in [6.45, 7) is 6.52. The van der Waals surface area contributed by atoms with Crippen LogP contribution in [-0.2, 0) is 6.42 Å². The lowest BCUT2D eigenvalue weighted by atomic mass is 9.83. The van der Waals surface area contributed by atoms with Gasteiger partial charge in [0, 0.05) is 0 Å². The molecule has 0 radical (unpaired) electrons. The van der Waals surface area contributed by atoms with Crippen molar-refractivity contribution in [3.05, 3.63) is 59.7 Å². The summed E-state index contributed by atoms with van der Waals surface area (Å²) in [6.07, 6.45) is 11.5. The van der Waals surface area contributed by atoms with E-state index in [9.17, 15) is 0 Å². The minimum absolute atomic E-state index is 0.822. The van der Waals surface area contributed by atoms with Crippen LogP contribution in [0.5, 0.6) is 0 Å². The van der Waals surface area contributed by atoms with Crippen LogP contribution in [0.1, 0.15) is 51.0 Å². The van der Waals surface area contributed by atoms with E-state index in [1.54, 1.807) is 5.57 Å². The summed E-state index contributed by atoms with van der Waals surface area (Å²) in [5.74, 6) is 0.822. The molecule has 0 unspecified atom stereocenters. The van der Waals surface area contributed by atoms with Crippen LogP contribution < -0.4 is 0 Å². The van der Waals surface area contributed by atoms with Gasteiger partial charge in [0.05, 0.1) is 0 Å². The summed E-state index contributed by atoms with van der Waals surface area (Å²) in [6, 6.07) is 10.7. The third kappa shape index (κ3) is 4.70. The zero-order chi connectivity index (χ0) is 13.5. The largest absolute Gasteiger partial charge is 0.0958 e. The highest BCUT2D eigenvalue weighted by atomic mass is 14.2. The summed E-state index contributed by atoms with van der Waals surface area (Å²) in [5, 5.41) is 0. The van der Waals surface area contributed by atoms with Crippen molar-refractivity contribution in [3.63, 3.8) is 0 Å². The molecule has 1 aliphatic rings. The zero-order valence-corrected chi connectivity index (χ0v) is 12.2. The molecule has 1 aromatic carbocycles. The van der Waals surface area contributed by atoms with E-state index in [0.29, 0.717) is 0 Å². The van der Waals surface area contributed by atoms with Crippen molar-refractivity contribution in [2.45, 2.75) is 51.9 Å². The Kier molecular flexibility index (Phi) is 5.44. The van der Waals surface area contributed by atoms with Gasteiger partial charge in [-0.15, -0.1) is 0 Å². The van der Waals surface area contributed by atoms with Gasteiger partial charge in [0.15, 0.2) is 0 Å². The Balaban J connectivity index is 1.82. The number of aryl methyl sites for hydroxylation is 1. The minimum Gasteiger partial charge on any atom is -0.0958 e. The SMILES string of the molecule is C=C(/C=C(/C)C1CCCCC1)CCc1ccccc1. The molecule has 0 saturated heterocycles. The minimum atomic E-state index is 0.822. The predicted octanol–water partition coefficient (Wildman–Crippen LogP) is 5.70. The van der Waals surface area contributed by atoms with Gasteiger partial charge >= 0.3 is 0 Å². The van der Waals surface area contributed by atoms with Gasteiger partial charge in [-0.1, -0.05) is 73.4 Å². The van der Waals surface area contributed by atoms with Crippen molar-refractivity contribution in [1.82, 2.24) is 0 Å². The Morgan fingerprint density at radius 3 is 2.53 bits per heavy atom. The Morgan fingerprint density at radius 2 is 1.84 bits per heavy atom. The number of allylic oxidation sites excluding steroid dienone is 3. The molecule has 102 valence electrons. The molecule has 0 aromatic heterocycles. The summed E-state index contributed by atoms with van der Waals surface area (Å²) in [7, 11) is 0. The molecule has 0 spiro atoms. The molecule has 0 amide bonds. The molecule has 0 nitrogen and oxygen atoms in total. The van der Waals surface area contributed by atoms with Gasteiger partial charge in [-0.25, -0.2) is 0 Å². The first-order valence-electron chi connectivity index (χ1n) is 7.65. The van der Waals surface area contributed by atoms with Gasteiger partial charge in [0.2, 0.25) is 0 Å². The fraction of sp³-hybridized carbons (Fsp3) is 0.474. The molecule has 0 heteroatoms. The van der Waals surface area contributed by atoms with Crippen LogP contribution in [0.4, 0.5) is 0 Å². The molecule has 1 aromatic rings. The highest BCUT2D eigenvalue weighted by Gasteiger charge is 2.14. The van der Waals surface area contributed by atoms with Crippen molar-refractivity contribution < 1.29 is 0 Å². The lowest BCUT2D eigenvalue weighted by Crippen LogP contribution is -2.07. The second-order valence-electron chi connectivity index (χ2n) is 5.87. The maximum atomic E-state index is 4.23. The van der Waals surface area contributed by atoms with Crippen LogP contribution in [-0.4, -0.2) is 0 Å². The van der Waals surface area contributed by atoms with E-state index < -0.39 is 0 Å². The molecule has 19 heavy (non-hydrogen) atoms. The van der Waals surface area contributed by atoms with Crippen molar-refractivity contribution in [2.75, 3.05) is 0 Å². The van der Waals surface area contributed by atoms with Gasteiger partial charge in [0.25, 0.3) is 0 Å². The molecule has 0 N–H and O–H groups in total. The van der Waals surface area contributed by atoms with E-state index in [-0.39, 0.29) is 0 Å². The maximum Gasteiger partial charge on any atom is -0.0203 e. The van der Waals surface area contributed by atoms with E-state index in [0.717, 1.165) is 18.8 Å². The van der Waals surface area contributed by atoms with E-state index in [2.05, 4.69) is 49.9 Å². The Labute approximate surface area is 118 Å². The molecular weight excluding hydrogens is 228 g/mol. The molecule has 0 atom stereocenters. The summed E-state index contributed by atoms with van der Waals surface area (Å²) >= 11 is 0. The van der Waals surface area contributed by atoms with Crippen LogP contribution in [0.2, 0.25) is 0 Å². The number of hydrogen-bond acceptors (Lipinski definition) is 0. The standard InChI is InChI=1S/C19H26/c1-16(13-14-18-9-5-3-6-10-18)15-17(2)19-11-7-4-8-12-19/h3,5-6,9-10,15,19H,1,4,7-8,11-14H2,2H3/b17-15-. The molecule has 0 bridgehead atoms. The normalized spacial score (nSPS) is 17.4. The van der Waals surface area contributed by atoms with Crippen molar-refractivity contribution in [3.8, 4) is 0 Å². The molecule has 0 heterocycles. The lowest BCUT2D eigenvalue weighted by molar-refractivity contribution is 0.403. The first-order valence-corrected chi connectivity index (χ1v) is 7.65. The Bertz CT molecular complexity index is 419. The fourth-order valence-electron chi connectivity index (χ4n) is 3.02. The van der Waals surface area contributed by atoms with Crippen LogP contribution in [0.25, 0.3) is 0 Å².